The number of nitrogens with zero attached hydrogens (tertiary/aromatic N) is 4. The number of aromatic amines is 1. The lowest BCUT2D eigenvalue weighted by atomic mass is 10.0. The van der Waals surface area contributed by atoms with Crippen LogP contribution in [0.4, 0.5) is 16.6 Å². The van der Waals surface area contributed by atoms with Crippen LogP contribution in [0.15, 0.2) is 18.5 Å². The van der Waals surface area contributed by atoms with E-state index in [0.717, 1.165) is 37.8 Å². The van der Waals surface area contributed by atoms with Crippen molar-refractivity contribution in [2.45, 2.75) is 56.6 Å². The van der Waals surface area contributed by atoms with E-state index in [0.29, 0.717) is 17.7 Å². The smallest absolute Gasteiger partial charge is 0.407 e. The predicted octanol–water partition coefficient (Wildman–Crippen LogP) is 2.25. The molecular weight excluding hydrogens is 322 g/mol. The molecule has 132 valence electrons. The quantitative estimate of drug-likeness (QED) is 0.762. The third-order valence-corrected chi connectivity index (χ3v) is 4.82. The summed E-state index contributed by atoms with van der Waals surface area (Å²) in [5, 5.41) is 20.8. The SMILES string of the molecule is CC1(NC(=O)O[C@@H]2CC[C@H](c3cc(Nc4nccnn4)n[nH]3)C2)CC1. The van der Waals surface area contributed by atoms with Gasteiger partial charge < -0.3 is 15.4 Å². The third kappa shape index (κ3) is 3.86. The number of ether oxygens (including phenoxy) is 1. The van der Waals surface area contributed by atoms with E-state index in [-0.39, 0.29) is 17.7 Å². The summed E-state index contributed by atoms with van der Waals surface area (Å²) in [5.41, 5.74) is 0.972. The van der Waals surface area contributed by atoms with Crippen molar-refractivity contribution in [1.82, 2.24) is 30.7 Å². The van der Waals surface area contributed by atoms with Crippen LogP contribution in [-0.2, 0) is 4.74 Å². The summed E-state index contributed by atoms with van der Waals surface area (Å²) in [5.74, 6) is 1.34. The Kier molecular flexibility index (Phi) is 3.98. The highest BCUT2D eigenvalue weighted by Gasteiger charge is 2.40. The number of hydrogen-bond donors (Lipinski definition) is 3. The Hall–Kier alpha value is -2.71. The fraction of sp³-hybridized carbons (Fsp3) is 0.562. The Balaban J connectivity index is 1.30. The molecule has 2 fully saturated rings. The first kappa shape index (κ1) is 15.8. The summed E-state index contributed by atoms with van der Waals surface area (Å²) in [6.45, 7) is 2.04. The van der Waals surface area contributed by atoms with Crippen molar-refractivity contribution in [3.63, 3.8) is 0 Å². The van der Waals surface area contributed by atoms with Crippen molar-refractivity contribution in [3.8, 4) is 0 Å². The molecule has 2 aliphatic rings. The fourth-order valence-corrected chi connectivity index (χ4v) is 3.10. The maximum absolute atomic E-state index is 11.9. The number of aromatic nitrogens is 5. The van der Waals surface area contributed by atoms with Crippen LogP contribution in [0.2, 0.25) is 0 Å². The molecule has 2 aliphatic carbocycles. The molecule has 2 aromatic rings. The zero-order valence-electron chi connectivity index (χ0n) is 14.0. The number of anilines is 2. The van der Waals surface area contributed by atoms with Crippen LogP contribution in [0.25, 0.3) is 0 Å². The van der Waals surface area contributed by atoms with Gasteiger partial charge >= 0.3 is 6.09 Å². The Bertz CT molecular complexity index is 744. The normalized spacial score (nSPS) is 23.9. The van der Waals surface area contributed by atoms with E-state index < -0.39 is 0 Å². The van der Waals surface area contributed by atoms with Crippen LogP contribution < -0.4 is 10.6 Å². The molecule has 0 aliphatic heterocycles. The van der Waals surface area contributed by atoms with E-state index >= 15 is 0 Å². The van der Waals surface area contributed by atoms with Crippen LogP contribution in [0.3, 0.4) is 0 Å². The minimum atomic E-state index is -0.300. The molecule has 0 bridgehead atoms. The molecule has 0 aromatic carbocycles. The molecule has 0 saturated heterocycles. The minimum absolute atomic E-state index is 0.0475. The summed E-state index contributed by atoms with van der Waals surface area (Å²) in [4.78, 5) is 16.0. The molecule has 1 amide bonds. The maximum Gasteiger partial charge on any atom is 0.407 e. The van der Waals surface area contributed by atoms with Crippen LogP contribution in [0.5, 0.6) is 0 Å². The molecular formula is C16H21N7O2. The van der Waals surface area contributed by atoms with Gasteiger partial charge in [-0.15, -0.1) is 5.10 Å². The van der Waals surface area contributed by atoms with Gasteiger partial charge in [0, 0.05) is 23.2 Å². The van der Waals surface area contributed by atoms with Gasteiger partial charge in [-0.05, 0) is 39.0 Å². The summed E-state index contributed by atoms with van der Waals surface area (Å²) in [6.07, 6.45) is 7.41. The Morgan fingerprint density at radius 2 is 2.24 bits per heavy atom. The number of rotatable bonds is 5. The van der Waals surface area contributed by atoms with E-state index in [9.17, 15) is 4.79 Å². The van der Waals surface area contributed by atoms with Gasteiger partial charge in [0.2, 0.25) is 5.95 Å². The van der Waals surface area contributed by atoms with Gasteiger partial charge in [-0.25, -0.2) is 9.78 Å². The lowest BCUT2D eigenvalue weighted by Gasteiger charge is -2.16. The topological polar surface area (TPSA) is 118 Å². The minimum Gasteiger partial charge on any atom is -0.446 e. The average molecular weight is 343 g/mol. The Morgan fingerprint density at radius 3 is 3.00 bits per heavy atom. The third-order valence-electron chi connectivity index (χ3n) is 4.82. The lowest BCUT2D eigenvalue weighted by molar-refractivity contribution is 0.0967. The van der Waals surface area contributed by atoms with Crippen molar-refractivity contribution >= 4 is 17.9 Å². The Morgan fingerprint density at radius 1 is 1.36 bits per heavy atom. The van der Waals surface area contributed by atoms with Crippen LogP contribution >= 0.6 is 0 Å². The molecule has 0 spiro atoms. The van der Waals surface area contributed by atoms with Crippen molar-refractivity contribution < 1.29 is 9.53 Å². The number of hydrogen-bond acceptors (Lipinski definition) is 7. The van der Waals surface area contributed by atoms with Gasteiger partial charge in [-0.1, -0.05) is 0 Å². The monoisotopic (exact) mass is 343 g/mol. The second-order valence-electron chi connectivity index (χ2n) is 7.02. The summed E-state index contributed by atoms with van der Waals surface area (Å²) in [6, 6.07) is 1.94. The van der Waals surface area contributed by atoms with Gasteiger partial charge in [-0.2, -0.15) is 10.2 Å². The Labute approximate surface area is 145 Å². The number of amides is 1. The molecule has 25 heavy (non-hydrogen) atoms. The zero-order valence-corrected chi connectivity index (χ0v) is 14.0. The number of carbonyl (C=O) groups is 1. The van der Waals surface area contributed by atoms with Crippen LogP contribution in [0, 0.1) is 0 Å². The largest absolute Gasteiger partial charge is 0.446 e. The van der Waals surface area contributed by atoms with Gasteiger partial charge in [0.15, 0.2) is 5.82 Å². The molecule has 0 unspecified atom stereocenters. The van der Waals surface area contributed by atoms with Gasteiger partial charge in [-0.3, -0.25) is 5.10 Å². The second-order valence-corrected chi connectivity index (χ2v) is 7.02. The summed E-state index contributed by atoms with van der Waals surface area (Å²) in [7, 11) is 0. The molecule has 0 radical (unpaired) electrons. The van der Waals surface area contributed by atoms with Crippen LogP contribution in [0.1, 0.15) is 50.6 Å². The molecule has 2 atom stereocenters. The van der Waals surface area contributed by atoms with Crippen molar-refractivity contribution in [1.29, 1.82) is 0 Å². The van der Waals surface area contributed by atoms with E-state index in [2.05, 4.69) is 36.0 Å². The second kappa shape index (κ2) is 6.30. The highest BCUT2D eigenvalue weighted by atomic mass is 16.6. The first-order valence-electron chi connectivity index (χ1n) is 8.54. The number of H-pyrrole nitrogens is 1. The highest BCUT2D eigenvalue weighted by Crippen LogP contribution is 2.37. The standard InChI is InChI=1S/C16H21N7O2/c1-16(4-5-16)20-15(24)25-11-3-2-10(8-11)12-9-13(22-21-12)19-14-17-6-7-18-23-14/h6-7,9-11H,2-5,8H2,1H3,(H,20,24)(H2,17,19,21,22,23)/t10-,11+/m0/s1. The first-order chi connectivity index (χ1) is 12.1. The average Bonchev–Trinajstić information content (AvgIpc) is 3.00. The molecule has 3 N–H and O–H groups in total. The number of nitrogens with one attached hydrogen (secondary N) is 3. The van der Waals surface area contributed by atoms with E-state index in [1.807, 2.05) is 13.0 Å². The fourth-order valence-electron chi connectivity index (χ4n) is 3.10. The maximum atomic E-state index is 11.9. The van der Waals surface area contributed by atoms with E-state index in [1.54, 1.807) is 6.20 Å². The molecule has 4 rings (SSSR count). The number of carbonyl (C=O) groups excluding carboxylic acids is 1. The van der Waals surface area contributed by atoms with Gasteiger partial charge in [0.05, 0.1) is 12.4 Å². The first-order valence-corrected chi connectivity index (χ1v) is 8.54. The van der Waals surface area contributed by atoms with Gasteiger partial charge in [0.1, 0.15) is 6.10 Å². The molecule has 9 nitrogen and oxygen atoms in total. The predicted molar refractivity (Wildman–Crippen MR) is 89.3 cm³/mol. The van der Waals surface area contributed by atoms with Crippen LogP contribution in [-0.4, -0.2) is 43.1 Å². The summed E-state index contributed by atoms with van der Waals surface area (Å²) >= 11 is 0. The zero-order chi connectivity index (χ0) is 17.3. The van der Waals surface area contributed by atoms with Crippen molar-refractivity contribution in [2.75, 3.05) is 5.32 Å². The molecule has 2 aromatic heterocycles. The van der Waals surface area contributed by atoms with E-state index in [4.69, 9.17) is 4.74 Å². The van der Waals surface area contributed by atoms with Crippen molar-refractivity contribution in [2.24, 2.45) is 0 Å². The molecule has 2 heterocycles. The lowest BCUT2D eigenvalue weighted by Crippen LogP contribution is -2.36. The highest BCUT2D eigenvalue weighted by molar-refractivity contribution is 5.69. The van der Waals surface area contributed by atoms with Crippen molar-refractivity contribution in [3.05, 3.63) is 24.2 Å². The number of alkyl carbamates (subject to hydrolysis) is 1. The molecule has 9 heteroatoms. The van der Waals surface area contributed by atoms with Gasteiger partial charge in [0.25, 0.3) is 0 Å². The molecule has 2 saturated carbocycles. The van der Waals surface area contributed by atoms with E-state index in [1.165, 1.54) is 6.20 Å². The summed E-state index contributed by atoms with van der Waals surface area (Å²) < 4.78 is 5.55.